The minimum atomic E-state index is 0.598. The van der Waals surface area contributed by atoms with Crippen LogP contribution >= 0.6 is 0 Å². The maximum atomic E-state index is 4.44. The lowest BCUT2D eigenvalue weighted by Crippen LogP contribution is -2.30. The topological polar surface area (TPSA) is 41.0 Å². The lowest BCUT2D eigenvalue weighted by atomic mass is 10.0. The molecule has 0 bridgehead atoms. The van der Waals surface area contributed by atoms with Crippen molar-refractivity contribution in [2.45, 2.75) is 44.1 Å². The molecule has 0 radical (unpaired) electrons. The van der Waals surface area contributed by atoms with Crippen LogP contribution in [0.2, 0.25) is 0 Å². The highest BCUT2D eigenvalue weighted by Gasteiger charge is 2.23. The van der Waals surface area contributed by atoms with Gasteiger partial charge in [0.15, 0.2) is 5.82 Å². The molecule has 2 heterocycles. The summed E-state index contributed by atoms with van der Waals surface area (Å²) in [5.41, 5.74) is 1.20. The highest BCUT2D eigenvalue weighted by molar-refractivity contribution is 5.39. The summed E-state index contributed by atoms with van der Waals surface area (Å²) in [4.78, 5) is 2.33. The molecule has 1 N–H and O–H groups in total. The number of hydrogen-bond donors (Lipinski definition) is 1. The van der Waals surface area contributed by atoms with Gasteiger partial charge in [-0.15, -0.1) is 5.10 Å². The number of rotatable bonds is 3. The largest absolute Gasteiger partial charge is 0.354 e. The standard InChI is InChI=1S/C14H22N4/c1-15-12-8-9-18(10-12)14-7-6-13(16-17-14)11-4-2-3-5-11/h6-7,11-12,15H,2-5,8-10H2,1H3. The fraction of sp³-hybridized carbons (Fsp3) is 0.714. The van der Waals surface area contributed by atoms with Crippen molar-refractivity contribution in [3.8, 4) is 0 Å². The lowest BCUT2D eigenvalue weighted by molar-refractivity contribution is 0.616. The van der Waals surface area contributed by atoms with E-state index in [9.17, 15) is 0 Å². The van der Waals surface area contributed by atoms with Crippen LogP contribution in [0.25, 0.3) is 0 Å². The van der Waals surface area contributed by atoms with Gasteiger partial charge in [0.25, 0.3) is 0 Å². The van der Waals surface area contributed by atoms with Crippen LogP contribution < -0.4 is 10.2 Å². The van der Waals surface area contributed by atoms with Crippen LogP contribution in [0.15, 0.2) is 12.1 Å². The van der Waals surface area contributed by atoms with Crippen molar-refractivity contribution < 1.29 is 0 Å². The Kier molecular flexibility index (Phi) is 3.46. The first-order valence-electron chi connectivity index (χ1n) is 7.12. The lowest BCUT2D eigenvalue weighted by Gasteiger charge is -2.17. The molecule has 1 saturated heterocycles. The minimum Gasteiger partial charge on any atom is -0.354 e. The van der Waals surface area contributed by atoms with Crippen molar-refractivity contribution in [3.05, 3.63) is 17.8 Å². The summed E-state index contributed by atoms with van der Waals surface area (Å²) >= 11 is 0. The Balaban J connectivity index is 1.67. The fourth-order valence-electron chi connectivity index (χ4n) is 3.15. The SMILES string of the molecule is CNC1CCN(c2ccc(C3CCCC3)nn2)C1. The van der Waals surface area contributed by atoms with Crippen molar-refractivity contribution in [1.29, 1.82) is 0 Å². The van der Waals surface area contributed by atoms with Gasteiger partial charge in [0.05, 0.1) is 5.69 Å². The normalized spacial score (nSPS) is 24.9. The Morgan fingerprint density at radius 3 is 2.61 bits per heavy atom. The molecule has 0 amide bonds. The molecule has 18 heavy (non-hydrogen) atoms. The molecule has 0 aromatic carbocycles. The van der Waals surface area contributed by atoms with Crippen LogP contribution in [0.3, 0.4) is 0 Å². The Labute approximate surface area is 109 Å². The maximum absolute atomic E-state index is 4.44. The predicted molar refractivity (Wildman–Crippen MR) is 72.9 cm³/mol. The third-order valence-electron chi connectivity index (χ3n) is 4.37. The molecule has 1 unspecified atom stereocenters. The molecule has 98 valence electrons. The van der Waals surface area contributed by atoms with Crippen LogP contribution in [-0.4, -0.2) is 36.4 Å². The van der Waals surface area contributed by atoms with E-state index in [1.807, 2.05) is 7.05 Å². The molecule has 4 nitrogen and oxygen atoms in total. The molecule has 1 aliphatic heterocycles. The highest BCUT2D eigenvalue weighted by atomic mass is 15.3. The van der Waals surface area contributed by atoms with Gasteiger partial charge in [-0.05, 0) is 38.4 Å². The molecular weight excluding hydrogens is 224 g/mol. The number of likely N-dealkylation sites (N-methyl/N-ethyl adjacent to an activating group) is 1. The molecule has 1 saturated carbocycles. The number of nitrogens with one attached hydrogen (secondary N) is 1. The Hall–Kier alpha value is -1.16. The minimum absolute atomic E-state index is 0.598. The van der Waals surface area contributed by atoms with Gasteiger partial charge in [-0.2, -0.15) is 5.10 Å². The van der Waals surface area contributed by atoms with Gasteiger partial charge < -0.3 is 10.2 Å². The van der Waals surface area contributed by atoms with Gasteiger partial charge in [0.2, 0.25) is 0 Å². The summed E-state index contributed by atoms with van der Waals surface area (Å²) in [6, 6.07) is 4.94. The molecule has 1 aromatic heterocycles. The van der Waals surface area contributed by atoms with E-state index in [1.54, 1.807) is 0 Å². The molecule has 4 heteroatoms. The van der Waals surface area contributed by atoms with Gasteiger partial charge >= 0.3 is 0 Å². The smallest absolute Gasteiger partial charge is 0.151 e. The molecule has 1 aliphatic carbocycles. The van der Waals surface area contributed by atoms with E-state index < -0.39 is 0 Å². The number of nitrogens with zero attached hydrogens (tertiary/aromatic N) is 3. The van der Waals surface area contributed by atoms with Crippen LogP contribution in [-0.2, 0) is 0 Å². The Morgan fingerprint density at radius 1 is 1.17 bits per heavy atom. The van der Waals surface area contributed by atoms with Gasteiger partial charge in [-0.3, -0.25) is 0 Å². The van der Waals surface area contributed by atoms with Crippen LogP contribution in [0.4, 0.5) is 5.82 Å². The third kappa shape index (κ3) is 2.34. The second-order valence-corrected chi connectivity index (χ2v) is 5.52. The molecular formula is C14H22N4. The maximum Gasteiger partial charge on any atom is 0.151 e. The van der Waals surface area contributed by atoms with Gasteiger partial charge in [-0.1, -0.05) is 12.8 Å². The van der Waals surface area contributed by atoms with Crippen molar-refractivity contribution in [3.63, 3.8) is 0 Å². The van der Waals surface area contributed by atoms with Crippen molar-refractivity contribution in [2.24, 2.45) is 0 Å². The van der Waals surface area contributed by atoms with Gasteiger partial charge in [0, 0.05) is 25.0 Å². The second-order valence-electron chi connectivity index (χ2n) is 5.52. The van der Waals surface area contributed by atoms with E-state index in [0.717, 1.165) is 18.9 Å². The van der Waals surface area contributed by atoms with Crippen molar-refractivity contribution in [1.82, 2.24) is 15.5 Å². The van der Waals surface area contributed by atoms with E-state index in [-0.39, 0.29) is 0 Å². The van der Waals surface area contributed by atoms with E-state index >= 15 is 0 Å². The summed E-state index contributed by atoms with van der Waals surface area (Å²) in [7, 11) is 2.03. The van der Waals surface area contributed by atoms with Crippen molar-refractivity contribution >= 4 is 5.82 Å². The predicted octanol–water partition coefficient (Wildman–Crippen LogP) is 1.93. The second kappa shape index (κ2) is 5.22. The average Bonchev–Trinajstić information content (AvgIpc) is 3.10. The number of aromatic nitrogens is 2. The first kappa shape index (κ1) is 11.9. The summed E-state index contributed by atoms with van der Waals surface area (Å²) in [5, 5.41) is 12.2. The quantitative estimate of drug-likeness (QED) is 0.885. The summed E-state index contributed by atoms with van der Waals surface area (Å²) in [6.07, 6.45) is 6.48. The zero-order valence-corrected chi connectivity index (χ0v) is 11.1. The highest BCUT2D eigenvalue weighted by Crippen LogP contribution is 2.33. The summed E-state index contributed by atoms with van der Waals surface area (Å²) < 4.78 is 0. The van der Waals surface area contributed by atoms with Crippen LogP contribution in [0.1, 0.15) is 43.7 Å². The van der Waals surface area contributed by atoms with Crippen LogP contribution in [0, 0.1) is 0 Å². The summed E-state index contributed by atoms with van der Waals surface area (Å²) in [6.45, 7) is 2.14. The number of anilines is 1. The molecule has 1 atom stereocenters. The monoisotopic (exact) mass is 246 g/mol. The van der Waals surface area contributed by atoms with Crippen LogP contribution in [0.5, 0.6) is 0 Å². The summed E-state index contributed by atoms with van der Waals surface area (Å²) in [5.74, 6) is 1.70. The van der Waals surface area contributed by atoms with Crippen molar-refractivity contribution in [2.75, 3.05) is 25.0 Å². The fourth-order valence-corrected chi connectivity index (χ4v) is 3.15. The number of hydrogen-bond acceptors (Lipinski definition) is 4. The van der Waals surface area contributed by atoms with E-state index in [1.165, 1.54) is 37.8 Å². The van der Waals surface area contributed by atoms with E-state index in [0.29, 0.717) is 12.0 Å². The van der Waals surface area contributed by atoms with E-state index in [2.05, 4.69) is 32.5 Å². The third-order valence-corrected chi connectivity index (χ3v) is 4.37. The average molecular weight is 246 g/mol. The molecule has 2 fully saturated rings. The molecule has 3 rings (SSSR count). The molecule has 2 aliphatic rings. The Morgan fingerprint density at radius 2 is 2.00 bits per heavy atom. The van der Waals surface area contributed by atoms with Gasteiger partial charge in [0.1, 0.15) is 0 Å². The first-order chi connectivity index (χ1) is 8.86. The van der Waals surface area contributed by atoms with E-state index in [4.69, 9.17) is 0 Å². The zero-order chi connectivity index (χ0) is 12.4. The molecule has 0 spiro atoms. The molecule has 1 aromatic rings. The zero-order valence-electron chi connectivity index (χ0n) is 11.1. The Bertz CT molecular complexity index is 383. The first-order valence-corrected chi connectivity index (χ1v) is 7.12. The van der Waals surface area contributed by atoms with Gasteiger partial charge in [-0.25, -0.2) is 0 Å².